The van der Waals surface area contributed by atoms with Crippen molar-refractivity contribution in [2.75, 3.05) is 6.54 Å². The summed E-state index contributed by atoms with van der Waals surface area (Å²) in [5, 5.41) is 4.68. The number of hydrogen-bond acceptors (Lipinski definition) is 2. The van der Waals surface area contributed by atoms with Crippen LogP contribution in [0.25, 0.3) is 0 Å². The van der Waals surface area contributed by atoms with E-state index in [2.05, 4.69) is 27.8 Å². The first-order valence-corrected chi connectivity index (χ1v) is 5.55. The minimum Gasteiger partial charge on any atom is -0.351 e. The highest BCUT2D eigenvalue weighted by Gasteiger charge is 2.09. The van der Waals surface area contributed by atoms with Gasteiger partial charge in [-0.1, -0.05) is 6.08 Å². The smallest absolute Gasteiger partial charge is 0.262 e. The molecule has 0 fully saturated rings. The third kappa shape index (κ3) is 2.97. The van der Waals surface area contributed by atoms with E-state index in [1.807, 2.05) is 11.4 Å². The van der Waals surface area contributed by atoms with Crippen molar-refractivity contribution in [1.29, 1.82) is 0 Å². The molecule has 0 bridgehead atoms. The summed E-state index contributed by atoms with van der Waals surface area (Å²) in [5.74, 6) is -0.0243. The molecule has 0 saturated heterocycles. The number of carbonyl (C=O) groups is 1. The van der Waals surface area contributed by atoms with Gasteiger partial charge in [0.15, 0.2) is 0 Å². The molecule has 1 aromatic rings. The van der Waals surface area contributed by atoms with Gasteiger partial charge < -0.3 is 5.32 Å². The number of thiophene rings is 1. The highest BCUT2D eigenvalue weighted by atomic mass is 79.9. The van der Waals surface area contributed by atoms with Gasteiger partial charge in [0.1, 0.15) is 4.88 Å². The average molecular weight is 260 g/mol. The van der Waals surface area contributed by atoms with Crippen LogP contribution in [0.5, 0.6) is 0 Å². The molecule has 70 valence electrons. The zero-order chi connectivity index (χ0) is 9.68. The van der Waals surface area contributed by atoms with Gasteiger partial charge in [-0.2, -0.15) is 0 Å². The predicted molar refractivity (Wildman–Crippen MR) is 59.2 cm³/mol. The van der Waals surface area contributed by atoms with Crippen LogP contribution in [0.3, 0.4) is 0 Å². The summed E-state index contributed by atoms with van der Waals surface area (Å²) in [5.41, 5.74) is 0. The van der Waals surface area contributed by atoms with Crippen LogP contribution in [0, 0.1) is 0 Å². The summed E-state index contributed by atoms with van der Waals surface area (Å²) in [6, 6.07) is 1.87. The van der Waals surface area contributed by atoms with Gasteiger partial charge in [-0.3, -0.25) is 4.79 Å². The lowest BCUT2D eigenvalue weighted by Gasteiger charge is -2.00. The van der Waals surface area contributed by atoms with E-state index in [0.717, 1.165) is 15.8 Å². The van der Waals surface area contributed by atoms with E-state index >= 15 is 0 Å². The maximum atomic E-state index is 11.4. The average Bonchev–Trinajstić information content (AvgIpc) is 2.52. The lowest BCUT2D eigenvalue weighted by Crippen LogP contribution is -2.23. The lowest BCUT2D eigenvalue weighted by molar-refractivity contribution is 0.0958. The SMILES string of the molecule is C=CCCNC(=O)c1sccc1Br. The Morgan fingerprint density at radius 1 is 1.77 bits per heavy atom. The number of hydrogen-bond donors (Lipinski definition) is 1. The molecule has 0 aromatic carbocycles. The summed E-state index contributed by atoms with van der Waals surface area (Å²) >= 11 is 4.74. The molecule has 0 aliphatic carbocycles. The number of carbonyl (C=O) groups excluding carboxylic acids is 1. The van der Waals surface area contributed by atoms with E-state index in [-0.39, 0.29) is 5.91 Å². The standard InChI is InChI=1S/C9H10BrNOS/c1-2-3-5-11-9(12)8-7(10)4-6-13-8/h2,4,6H,1,3,5H2,(H,11,12). The Morgan fingerprint density at radius 2 is 2.54 bits per heavy atom. The molecule has 1 rings (SSSR count). The van der Waals surface area contributed by atoms with Crippen molar-refractivity contribution in [3.05, 3.63) is 33.5 Å². The molecule has 13 heavy (non-hydrogen) atoms. The first kappa shape index (κ1) is 10.5. The number of amides is 1. The van der Waals surface area contributed by atoms with Crippen LogP contribution in [0.15, 0.2) is 28.6 Å². The fourth-order valence-electron chi connectivity index (χ4n) is 0.824. The summed E-state index contributed by atoms with van der Waals surface area (Å²) in [6.45, 7) is 4.23. The predicted octanol–water partition coefficient (Wildman–Crippen LogP) is 2.82. The quantitative estimate of drug-likeness (QED) is 0.654. The molecular formula is C9H10BrNOS. The molecule has 1 amide bonds. The molecule has 0 unspecified atom stereocenters. The number of nitrogens with one attached hydrogen (secondary N) is 1. The minimum atomic E-state index is -0.0243. The van der Waals surface area contributed by atoms with Crippen LogP contribution in [0.2, 0.25) is 0 Å². The summed E-state index contributed by atoms with van der Waals surface area (Å²) in [4.78, 5) is 12.2. The Kier molecular flexibility index (Phi) is 4.18. The van der Waals surface area contributed by atoms with Crippen molar-refractivity contribution in [3.8, 4) is 0 Å². The molecule has 0 atom stereocenters. The second-order valence-electron chi connectivity index (χ2n) is 2.43. The van der Waals surface area contributed by atoms with Gasteiger partial charge in [0.25, 0.3) is 5.91 Å². The summed E-state index contributed by atoms with van der Waals surface area (Å²) < 4.78 is 0.855. The van der Waals surface area contributed by atoms with Crippen molar-refractivity contribution in [1.82, 2.24) is 5.32 Å². The third-order valence-electron chi connectivity index (χ3n) is 1.46. The lowest BCUT2D eigenvalue weighted by atomic mass is 10.4. The first-order chi connectivity index (χ1) is 6.25. The van der Waals surface area contributed by atoms with E-state index in [1.54, 1.807) is 6.08 Å². The molecule has 1 heterocycles. The topological polar surface area (TPSA) is 29.1 Å². The van der Waals surface area contributed by atoms with Crippen LogP contribution in [-0.4, -0.2) is 12.5 Å². The van der Waals surface area contributed by atoms with Gasteiger partial charge >= 0.3 is 0 Å². The maximum Gasteiger partial charge on any atom is 0.262 e. The minimum absolute atomic E-state index is 0.0243. The van der Waals surface area contributed by atoms with E-state index < -0.39 is 0 Å². The molecule has 0 saturated carbocycles. The van der Waals surface area contributed by atoms with Gasteiger partial charge in [-0.05, 0) is 33.8 Å². The van der Waals surface area contributed by atoms with E-state index in [9.17, 15) is 4.79 Å². The molecule has 2 nitrogen and oxygen atoms in total. The zero-order valence-electron chi connectivity index (χ0n) is 7.05. The highest BCUT2D eigenvalue weighted by Crippen LogP contribution is 2.22. The number of halogens is 1. The van der Waals surface area contributed by atoms with Crippen molar-refractivity contribution in [2.45, 2.75) is 6.42 Å². The molecule has 0 radical (unpaired) electrons. The molecule has 0 aliphatic heterocycles. The molecule has 1 N–H and O–H groups in total. The molecule has 1 aromatic heterocycles. The third-order valence-corrected chi connectivity index (χ3v) is 3.29. The molecule has 0 spiro atoms. The molecule has 0 aliphatic rings. The summed E-state index contributed by atoms with van der Waals surface area (Å²) in [7, 11) is 0. The second-order valence-corrected chi connectivity index (χ2v) is 4.20. The van der Waals surface area contributed by atoms with Crippen molar-refractivity contribution < 1.29 is 4.79 Å². The Bertz CT molecular complexity index is 308. The normalized spacial score (nSPS) is 9.62. The van der Waals surface area contributed by atoms with Gasteiger partial charge in [0.2, 0.25) is 0 Å². The highest BCUT2D eigenvalue weighted by molar-refractivity contribution is 9.10. The van der Waals surface area contributed by atoms with Gasteiger partial charge in [0.05, 0.1) is 0 Å². The van der Waals surface area contributed by atoms with E-state index in [1.165, 1.54) is 11.3 Å². The number of rotatable bonds is 4. The van der Waals surface area contributed by atoms with Crippen molar-refractivity contribution in [2.24, 2.45) is 0 Å². The fraction of sp³-hybridized carbons (Fsp3) is 0.222. The molecule has 4 heteroatoms. The molecular weight excluding hydrogens is 250 g/mol. The van der Waals surface area contributed by atoms with Gasteiger partial charge in [-0.25, -0.2) is 0 Å². The van der Waals surface area contributed by atoms with Crippen LogP contribution in [0.4, 0.5) is 0 Å². The fourth-order valence-corrected chi connectivity index (χ4v) is 2.29. The zero-order valence-corrected chi connectivity index (χ0v) is 9.45. The Balaban J connectivity index is 2.49. The van der Waals surface area contributed by atoms with Gasteiger partial charge in [0, 0.05) is 11.0 Å². The van der Waals surface area contributed by atoms with Gasteiger partial charge in [-0.15, -0.1) is 17.9 Å². The van der Waals surface area contributed by atoms with Crippen molar-refractivity contribution >= 4 is 33.2 Å². The Morgan fingerprint density at radius 3 is 3.08 bits per heavy atom. The Labute approximate surface area is 89.8 Å². The van der Waals surface area contributed by atoms with Crippen LogP contribution in [-0.2, 0) is 0 Å². The largest absolute Gasteiger partial charge is 0.351 e. The van der Waals surface area contributed by atoms with E-state index in [4.69, 9.17) is 0 Å². The van der Waals surface area contributed by atoms with Crippen molar-refractivity contribution in [3.63, 3.8) is 0 Å². The summed E-state index contributed by atoms with van der Waals surface area (Å²) in [6.07, 6.45) is 2.58. The monoisotopic (exact) mass is 259 g/mol. The first-order valence-electron chi connectivity index (χ1n) is 3.87. The van der Waals surface area contributed by atoms with Crippen LogP contribution >= 0.6 is 27.3 Å². The van der Waals surface area contributed by atoms with Crippen LogP contribution < -0.4 is 5.32 Å². The van der Waals surface area contributed by atoms with Crippen LogP contribution in [0.1, 0.15) is 16.1 Å². The maximum absolute atomic E-state index is 11.4. The second kappa shape index (κ2) is 5.19. The Hall–Kier alpha value is -0.610. The van der Waals surface area contributed by atoms with E-state index in [0.29, 0.717) is 6.54 Å².